The Morgan fingerprint density at radius 3 is 2.70 bits per heavy atom. The Hall–Kier alpha value is -1.69. The van der Waals surface area contributed by atoms with Crippen LogP contribution < -0.4 is 5.32 Å². The second kappa shape index (κ2) is 6.65. The first-order chi connectivity index (χ1) is 9.17. The molecule has 110 valence electrons. The molecule has 0 aliphatic rings. The molecule has 0 aliphatic heterocycles. The lowest BCUT2D eigenvalue weighted by atomic mass is 10.2. The van der Waals surface area contributed by atoms with Crippen LogP contribution in [0.15, 0.2) is 28.1 Å². The average molecular weight is 296 g/mol. The van der Waals surface area contributed by atoms with E-state index in [2.05, 4.69) is 22.9 Å². The number of carbonyl (C=O) groups is 1. The van der Waals surface area contributed by atoms with Gasteiger partial charge < -0.3 is 15.2 Å². The van der Waals surface area contributed by atoms with Gasteiger partial charge >= 0.3 is 6.09 Å². The van der Waals surface area contributed by atoms with E-state index in [0.29, 0.717) is 16.3 Å². The minimum Gasteiger partial charge on any atom is -0.508 e. The van der Waals surface area contributed by atoms with Crippen LogP contribution in [-0.4, -0.2) is 29.1 Å². The number of amides is 1. The summed E-state index contributed by atoms with van der Waals surface area (Å²) in [5.74, 6) is 0.120. The fourth-order valence-electron chi connectivity index (χ4n) is 1.36. The molecule has 6 heteroatoms. The zero-order chi connectivity index (χ0) is 15.3. The van der Waals surface area contributed by atoms with Crippen LogP contribution in [0.3, 0.4) is 0 Å². The molecule has 1 amide bonds. The third-order valence-electron chi connectivity index (χ3n) is 2.16. The summed E-state index contributed by atoms with van der Waals surface area (Å²) in [5, 5.41) is 12.0. The van der Waals surface area contributed by atoms with Gasteiger partial charge in [-0.2, -0.15) is 0 Å². The number of nitrogens with one attached hydrogen (secondary N) is 1. The maximum atomic E-state index is 11.5. The highest BCUT2D eigenvalue weighted by Gasteiger charge is 2.15. The summed E-state index contributed by atoms with van der Waals surface area (Å²) >= 11 is 4.25. The van der Waals surface area contributed by atoms with Gasteiger partial charge in [0.25, 0.3) is 0 Å². The van der Waals surface area contributed by atoms with Crippen molar-refractivity contribution in [2.75, 3.05) is 6.54 Å². The topological polar surface area (TPSA) is 70.9 Å². The Kier molecular flexibility index (Phi) is 5.44. The van der Waals surface area contributed by atoms with Crippen LogP contribution in [0, 0.1) is 0 Å². The summed E-state index contributed by atoms with van der Waals surface area (Å²) in [6, 6.07) is 4.71. The van der Waals surface area contributed by atoms with Crippen LogP contribution >= 0.6 is 12.6 Å². The van der Waals surface area contributed by atoms with Crippen molar-refractivity contribution >= 4 is 30.1 Å². The van der Waals surface area contributed by atoms with Crippen LogP contribution in [0.2, 0.25) is 0 Å². The predicted molar refractivity (Wildman–Crippen MR) is 82.4 cm³/mol. The number of phenols is 1. The number of hydrogen-bond acceptors (Lipinski definition) is 5. The monoisotopic (exact) mass is 296 g/mol. The molecule has 0 saturated heterocycles. The quantitative estimate of drug-likeness (QED) is 0.592. The number of rotatable bonds is 3. The van der Waals surface area contributed by atoms with E-state index in [1.807, 2.05) is 0 Å². The third-order valence-corrected chi connectivity index (χ3v) is 2.54. The van der Waals surface area contributed by atoms with Crippen LogP contribution in [0.4, 0.5) is 10.5 Å². The highest BCUT2D eigenvalue weighted by Crippen LogP contribution is 2.27. The molecule has 5 nitrogen and oxygen atoms in total. The van der Waals surface area contributed by atoms with Gasteiger partial charge in [0.1, 0.15) is 11.4 Å². The maximum absolute atomic E-state index is 11.5. The smallest absolute Gasteiger partial charge is 0.407 e. The number of benzene rings is 1. The summed E-state index contributed by atoms with van der Waals surface area (Å²) < 4.78 is 5.12. The lowest BCUT2D eigenvalue weighted by Crippen LogP contribution is -2.34. The van der Waals surface area contributed by atoms with Crippen molar-refractivity contribution in [1.29, 1.82) is 0 Å². The minimum atomic E-state index is -0.529. The van der Waals surface area contributed by atoms with E-state index in [9.17, 15) is 9.90 Å². The normalized spacial score (nSPS) is 12.2. The van der Waals surface area contributed by atoms with E-state index in [4.69, 9.17) is 4.74 Å². The lowest BCUT2D eigenvalue weighted by molar-refractivity contribution is 0.0536. The van der Waals surface area contributed by atoms with Crippen LogP contribution in [-0.2, 0) is 4.74 Å². The summed E-state index contributed by atoms with van der Waals surface area (Å²) in [5.41, 5.74) is 0.701. The molecule has 0 fully saturated rings. The van der Waals surface area contributed by atoms with Crippen molar-refractivity contribution in [2.24, 2.45) is 4.99 Å². The Bertz CT molecular complexity index is 522. The first-order valence-electron chi connectivity index (χ1n) is 6.20. The number of nitrogens with zero attached hydrogens (tertiary/aromatic N) is 1. The molecule has 1 rings (SSSR count). The second-order valence-electron chi connectivity index (χ2n) is 5.38. The molecule has 0 atom stereocenters. The van der Waals surface area contributed by atoms with Gasteiger partial charge in [-0.3, -0.25) is 4.99 Å². The number of thiol groups is 1. The van der Waals surface area contributed by atoms with Crippen molar-refractivity contribution in [3.05, 3.63) is 18.2 Å². The standard InChI is InChI=1S/C14H20N2O3S/c1-9(8-15-13(18)19-14(2,3)4)16-11-7-10(17)5-6-12(11)20/h5-7,17,20H,8H2,1-4H3,(H,15,18). The molecule has 0 aromatic heterocycles. The Morgan fingerprint density at radius 1 is 1.45 bits per heavy atom. The molecular formula is C14H20N2O3S. The van der Waals surface area contributed by atoms with Gasteiger partial charge in [0, 0.05) is 16.7 Å². The van der Waals surface area contributed by atoms with E-state index in [-0.39, 0.29) is 12.3 Å². The van der Waals surface area contributed by atoms with E-state index >= 15 is 0 Å². The number of hydrogen-bond donors (Lipinski definition) is 3. The first kappa shape index (κ1) is 16.4. The Morgan fingerprint density at radius 2 is 2.10 bits per heavy atom. The van der Waals surface area contributed by atoms with Gasteiger partial charge in [0.05, 0.1) is 12.2 Å². The number of aliphatic imine (C=N–C) groups is 1. The van der Waals surface area contributed by atoms with Crippen molar-refractivity contribution in [3.8, 4) is 5.75 Å². The summed E-state index contributed by atoms with van der Waals surface area (Å²) in [6.45, 7) is 7.43. The number of phenolic OH excluding ortho intramolecular Hbond substituents is 1. The Labute approximate surface area is 124 Å². The van der Waals surface area contributed by atoms with Crippen LogP contribution in [0.25, 0.3) is 0 Å². The fraction of sp³-hybridized carbons (Fsp3) is 0.429. The molecule has 0 heterocycles. The number of aromatic hydroxyl groups is 1. The van der Waals surface area contributed by atoms with Gasteiger partial charge in [0.15, 0.2) is 0 Å². The van der Waals surface area contributed by atoms with E-state index in [0.717, 1.165) is 0 Å². The van der Waals surface area contributed by atoms with Crippen molar-refractivity contribution < 1.29 is 14.6 Å². The molecule has 0 saturated carbocycles. The van der Waals surface area contributed by atoms with Gasteiger partial charge in [-0.1, -0.05) is 0 Å². The lowest BCUT2D eigenvalue weighted by Gasteiger charge is -2.19. The summed E-state index contributed by atoms with van der Waals surface area (Å²) in [6.07, 6.45) is -0.492. The summed E-state index contributed by atoms with van der Waals surface area (Å²) in [4.78, 5) is 16.4. The van der Waals surface area contributed by atoms with Crippen LogP contribution in [0.5, 0.6) is 5.75 Å². The van der Waals surface area contributed by atoms with Gasteiger partial charge in [-0.15, -0.1) is 12.6 Å². The molecule has 1 aromatic rings. The molecular weight excluding hydrogens is 276 g/mol. The Balaban J connectivity index is 2.62. The highest BCUT2D eigenvalue weighted by atomic mass is 32.1. The van der Waals surface area contributed by atoms with Gasteiger partial charge in [-0.05, 0) is 39.8 Å². The zero-order valence-corrected chi connectivity index (χ0v) is 13.0. The van der Waals surface area contributed by atoms with Crippen molar-refractivity contribution in [1.82, 2.24) is 5.32 Å². The third kappa shape index (κ3) is 5.97. The minimum absolute atomic E-state index is 0.120. The average Bonchev–Trinajstić information content (AvgIpc) is 2.29. The number of ether oxygens (including phenoxy) is 1. The van der Waals surface area contributed by atoms with Crippen LogP contribution in [0.1, 0.15) is 27.7 Å². The largest absolute Gasteiger partial charge is 0.508 e. The molecule has 1 aromatic carbocycles. The summed E-state index contributed by atoms with van der Waals surface area (Å²) in [7, 11) is 0. The molecule has 2 N–H and O–H groups in total. The van der Waals surface area contributed by atoms with E-state index in [1.54, 1.807) is 33.8 Å². The SMILES string of the molecule is CC(CNC(=O)OC(C)(C)C)=Nc1cc(O)ccc1S. The zero-order valence-electron chi connectivity index (χ0n) is 12.1. The van der Waals surface area contributed by atoms with Gasteiger partial charge in [0.2, 0.25) is 0 Å². The molecule has 0 bridgehead atoms. The first-order valence-corrected chi connectivity index (χ1v) is 6.65. The maximum Gasteiger partial charge on any atom is 0.407 e. The molecule has 0 unspecified atom stereocenters. The van der Waals surface area contributed by atoms with E-state index in [1.165, 1.54) is 12.1 Å². The fourth-order valence-corrected chi connectivity index (χ4v) is 1.55. The second-order valence-corrected chi connectivity index (χ2v) is 5.86. The molecule has 20 heavy (non-hydrogen) atoms. The predicted octanol–water partition coefficient (Wildman–Crippen LogP) is 3.30. The van der Waals surface area contributed by atoms with Crippen molar-refractivity contribution in [2.45, 2.75) is 38.2 Å². The highest BCUT2D eigenvalue weighted by molar-refractivity contribution is 7.80. The van der Waals surface area contributed by atoms with E-state index < -0.39 is 11.7 Å². The molecule has 0 aliphatic carbocycles. The number of alkyl carbamates (subject to hydrolysis) is 1. The molecule has 0 radical (unpaired) electrons. The van der Waals surface area contributed by atoms with Crippen molar-refractivity contribution in [3.63, 3.8) is 0 Å². The van der Waals surface area contributed by atoms with Gasteiger partial charge in [-0.25, -0.2) is 4.79 Å². The molecule has 0 spiro atoms. The number of carbonyl (C=O) groups excluding carboxylic acids is 1.